The summed E-state index contributed by atoms with van der Waals surface area (Å²) >= 11 is 1.25. The number of benzene rings is 1. The van der Waals surface area contributed by atoms with E-state index in [1.807, 2.05) is 19.1 Å². The summed E-state index contributed by atoms with van der Waals surface area (Å²) < 4.78 is 39.8. The predicted octanol–water partition coefficient (Wildman–Crippen LogP) is 2.37. The van der Waals surface area contributed by atoms with Crippen LogP contribution in [-0.4, -0.2) is 58.6 Å². The average molecular weight is 500 g/mol. The molecule has 1 aliphatic heterocycles. The van der Waals surface area contributed by atoms with Gasteiger partial charge >= 0.3 is 0 Å². The van der Waals surface area contributed by atoms with Crippen molar-refractivity contribution in [2.45, 2.75) is 22.8 Å². The molecule has 4 heterocycles. The van der Waals surface area contributed by atoms with Gasteiger partial charge in [-0.15, -0.1) is 10.2 Å². The van der Waals surface area contributed by atoms with Crippen LogP contribution in [-0.2, 0) is 20.5 Å². The van der Waals surface area contributed by atoms with Crippen molar-refractivity contribution < 1.29 is 17.6 Å². The quantitative estimate of drug-likeness (QED) is 0.368. The van der Waals surface area contributed by atoms with E-state index in [9.17, 15) is 13.2 Å². The lowest BCUT2D eigenvalue weighted by molar-refractivity contribution is 0.0730. The first-order chi connectivity index (χ1) is 16.4. The van der Waals surface area contributed by atoms with Crippen LogP contribution in [0.15, 0.2) is 67.9 Å². The maximum atomic E-state index is 12.9. The zero-order chi connectivity index (χ0) is 23.7. The van der Waals surface area contributed by atoms with Gasteiger partial charge in [0.2, 0.25) is 15.9 Å². The van der Waals surface area contributed by atoms with Crippen LogP contribution in [0.2, 0.25) is 0 Å². The monoisotopic (exact) mass is 499 g/mol. The van der Waals surface area contributed by atoms with Crippen LogP contribution in [0.1, 0.15) is 11.4 Å². The second kappa shape index (κ2) is 9.29. The zero-order valence-electron chi connectivity index (χ0n) is 18.2. The van der Waals surface area contributed by atoms with Crippen molar-refractivity contribution in [2.24, 2.45) is 0 Å². The molecule has 0 bridgehead atoms. The van der Waals surface area contributed by atoms with Crippen LogP contribution < -0.4 is 5.56 Å². The molecule has 1 saturated heterocycles. The molecule has 10 nitrogen and oxygen atoms in total. The minimum atomic E-state index is -3.64. The van der Waals surface area contributed by atoms with E-state index >= 15 is 0 Å². The number of aromatic nitrogens is 4. The van der Waals surface area contributed by atoms with E-state index in [1.165, 1.54) is 28.2 Å². The summed E-state index contributed by atoms with van der Waals surface area (Å²) in [4.78, 5) is 17.1. The Bertz CT molecular complexity index is 1510. The van der Waals surface area contributed by atoms with Crippen molar-refractivity contribution in [3.8, 4) is 11.5 Å². The number of pyridine rings is 1. The van der Waals surface area contributed by atoms with E-state index in [2.05, 4.69) is 15.2 Å². The number of rotatable bonds is 6. The highest BCUT2D eigenvalue weighted by Gasteiger charge is 2.27. The SMILES string of the molecule is Cc1cccc2nc(CSc3nnc(-c4cccc(S(=O)(=O)N5CCOCC5)c4)o3)cc(=O)n12. The molecule has 1 aromatic carbocycles. The van der Waals surface area contributed by atoms with Crippen molar-refractivity contribution in [3.63, 3.8) is 0 Å². The van der Waals surface area contributed by atoms with Crippen molar-refractivity contribution in [3.05, 3.63) is 70.3 Å². The molecule has 0 N–H and O–H groups in total. The van der Waals surface area contributed by atoms with Gasteiger partial charge in [0.15, 0.2) is 0 Å². The molecule has 4 aromatic rings. The number of nitrogens with zero attached hydrogens (tertiary/aromatic N) is 5. The van der Waals surface area contributed by atoms with Crippen molar-refractivity contribution in [1.29, 1.82) is 0 Å². The molecule has 0 amide bonds. The summed E-state index contributed by atoms with van der Waals surface area (Å²) in [6.07, 6.45) is 0. The Morgan fingerprint density at radius 1 is 1.06 bits per heavy atom. The third-order valence-corrected chi connectivity index (χ3v) is 8.12. The van der Waals surface area contributed by atoms with Gasteiger partial charge in [0, 0.05) is 36.2 Å². The lowest BCUT2D eigenvalue weighted by Gasteiger charge is -2.26. The number of hydrogen-bond acceptors (Lipinski definition) is 9. The smallest absolute Gasteiger partial charge is 0.277 e. The molecule has 0 aliphatic carbocycles. The Balaban J connectivity index is 1.33. The largest absolute Gasteiger partial charge is 0.411 e. The van der Waals surface area contributed by atoms with Crippen LogP contribution in [0.4, 0.5) is 0 Å². The normalized spacial score (nSPS) is 15.1. The number of ether oxygens (including phenoxy) is 1. The molecule has 5 rings (SSSR count). The van der Waals surface area contributed by atoms with Crippen molar-refractivity contribution in [1.82, 2.24) is 23.9 Å². The van der Waals surface area contributed by atoms with Gasteiger partial charge in [0.05, 0.1) is 23.8 Å². The first kappa shape index (κ1) is 22.7. The lowest BCUT2D eigenvalue weighted by atomic mass is 10.2. The third-order valence-electron chi connectivity index (χ3n) is 5.37. The molecule has 1 fully saturated rings. The number of fused-ring (bicyclic) bond motifs is 1. The standard InChI is InChI=1S/C22H21N5O5S2/c1-15-4-2-7-19-23-17(13-20(28)27(15)19)14-33-22-25-24-21(32-22)16-5-3-6-18(12-16)34(29,30)26-8-10-31-11-9-26/h2-7,12-13H,8-11,14H2,1H3. The van der Waals surface area contributed by atoms with Crippen LogP contribution in [0.5, 0.6) is 0 Å². The molecule has 3 aromatic heterocycles. The summed E-state index contributed by atoms with van der Waals surface area (Å²) in [5.74, 6) is 0.580. The van der Waals surface area contributed by atoms with Crippen molar-refractivity contribution in [2.75, 3.05) is 26.3 Å². The molecule has 12 heteroatoms. The maximum Gasteiger partial charge on any atom is 0.277 e. The molecular formula is C22H21N5O5S2. The molecule has 0 atom stereocenters. The zero-order valence-corrected chi connectivity index (χ0v) is 19.9. The summed E-state index contributed by atoms with van der Waals surface area (Å²) in [5.41, 5.74) is 2.34. The van der Waals surface area contributed by atoms with Gasteiger partial charge in [-0.1, -0.05) is 23.9 Å². The molecule has 0 radical (unpaired) electrons. The highest BCUT2D eigenvalue weighted by Crippen LogP contribution is 2.27. The molecular weight excluding hydrogens is 478 g/mol. The number of sulfonamides is 1. The first-order valence-corrected chi connectivity index (χ1v) is 13.0. The Hall–Kier alpha value is -3.06. The number of thioether (sulfide) groups is 1. The summed E-state index contributed by atoms with van der Waals surface area (Å²) in [7, 11) is -3.64. The minimum absolute atomic E-state index is 0.150. The van der Waals surface area contributed by atoms with Gasteiger partial charge in [0.1, 0.15) is 5.65 Å². The summed E-state index contributed by atoms with van der Waals surface area (Å²) in [6, 6.07) is 13.4. The third kappa shape index (κ3) is 4.49. The van der Waals surface area contributed by atoms with E-state index in [-0.39, 0.29) is 16.3 Å². The van der Waals surface area contributed by atoms with Crippen LogP contribution in [0, 0.1) is 6.92 Å². The van der Waals surface area contributed by atoms with Gasteiger partial charge in [-0.05, 0) is 37.3 Å². The highest BCUT2D eigenvalue weighted by atomic mass is 32.2. The van der Waals surface area contributed by atoms with E-state index in [4.69, 9.17) is 9.15 Å². The second-order valence-electron chi connectivity index (χ2n) is 7.65. The fourth-order valence-corrected chi connectivity index (χ4v) is 5.79. The first-order valence-electron chi connectivity index (χ1n) is 10.5. The van der Waals surface area contributed by atoms with E-state index < -0.39 is 10.0 Å². The van der Waals surface area contributed by atoms with Crippen LogP contribution >= 0.6 is 11.8 Å². The van der Waals surface area contributed by atoms with Gasteiger partial charge in [-0.3, -0.25) is 9.20 Å². The Morgan fingerprint density at radius 3 is 2.68 bits per heavy atom. The van der Waals surface area contributed by atoms with Gasteiger partial charge in [-0.2, -0.15) is 4.31 Å². The molecule has 0 spiro atoms. The molecule has 0 saturated carbocycles. The van der Waals surface area contributed by atoms with Crippen LogP contribution in [0.3, 0.4) is 0 Å². The lowest BCUT2D eigenvalue weighted by Crippen LogP contribution is -2.40. The topological polar surface area (TPSA) is 120 Å². The van der Waals surface area contributed by atoms with Crippen molar-refractivity contribution >= 4 is 27.4 Å². The molecule has 0 unspecified atom stereocenters. The molecule has 176 valence electrons. The fraction of sp³-hybridized carbons (Fsp3) is 0.273. The van der Waals surface area contributed by atoms with Crippen LogP contribution in [0.25, 0.3) is 17.1 Å². The van der Waals surface area contributed by atoms with E-state index in [0.29, 0.717) is 54.2 Å². The van der Waals surface area contributed by atoms with E-state index in [0.717, 1.165) is 5.69 Å². The highest BCUT2D eigenvalue weighted by molar-refractivity contribution is 7.98. The minimum Gasteiger partial charge on any atom is -0.411 e. The average Bonchev–Trinajstić information content (AvgIpc) is 3.32. The van der Waals surface area contributed by atoms with Gasteiger partial charge in [0.25, 0.3) is 10.8 Å². The Morgan fingerprint density at radius 2 is 1.85 bits per heavy atom. The van der Waals surface area contributed by atoms with E-state index in [1.54, 1.807) is 28.7 Å². The fourth-order valence-electron chi connectivity index (χ4n) is 3.68. The molecule has 1 aliphatic rings. The predicted molar refractivity (Wildman–Crippen MR) is 125 cm³/mol. The Labute approximate surface area is 199 Å². The summed E-state index contributed by atoms with van der Waals surface area (Å²) in [6.45, 7) is 3.24. The number of morpholine rings is 1. The number of hydrogen-bond donors (Lipinski definition) is 0. The maximum absolute atomic E-state index is 12.9. The number of aryl methyl sites for hydroxylation is 1. The Kier molecular flexibility index (Phi) is 6.21. The summed E-state index contributed by atoms with van der Waals surface area (Å²) in [5, 5.41) is 8.40. The molecule has 34 heavy (non-hydrogen) atoms. The van der Waals surface area contributed by atoms with Gasteiger partial charge in [-0.25, -0.2) is 13.4 Å². The second-order valence-corrected chi connectivity index (χ2v) is 10.5. The van der Waals surface area contributed by atoms with Gasteiger partial charge < -0.3 is 9.15 Å².